The van der Waals surface area contributed by atoms with E-state index in [1.54, 1.807) is 6.07 Å². The quantitative estimate of drug-likeness (QED) is 0.803. The molecule has 1 aromatic carbocycles. The van der Waals surface area contributed by atoms with E-state index in [0.29, 0.717) is 26.0 Å². The molecule has 2 rings (SSSR count). The lowest BCUT2D eigenvalue weighted by Gasteiger charge is -2.12. The maximum absolute atomic E-state index is 9.70. The standard InChI is InChI=1S/C10H9IN2O4/c1-16-5-3-4-6(7(11)8(5)17-2)9(14)13-10(15)12-4/h3H,1-2H3,(H2,12,13,14,15). The molecule has 0 radical (unpaired) electrons. The second-order valence-electron chi connectivity index (χ2n) is 3.17. The number of fused-ring (bicyclic) bond motifs is 1. The first kappa shape index (κ1) is 12.0. The van der Waals surface area contributed by atoms with Crippen LogP contribution >= 0.6 is 22.6 Å². The minimum Gasteiger partial charge on any atom is -0.493 e. The molecule has 1 heterocycles. The van der Waals surface area contributed by atoms with Gasteiger partial charge in [-0.25, -0.2) is 0 Å². The molecule has 1 aromatic heterocycles. The molecule has 2 N–H and O–H groups in total. The second-order valence-corrected chi connectivity index (χ2v) is 4.25. The number of benzene rings is 1. The van der Waals surface area contributed by atoms with Gasteiger partial charge in [-0.3, -0.25) is 0 Å². The van der Waals surface area contributed by atoms with E-state index >= 15 is 0 Å². The van der Waals surface area contributed by atoms with Crippen LogP contribution in [-0.2, 0) is 0 Å². The SMILES string of the molecule is COc1cc2nc(O)nc(O)c2c(I)c1OC. The molecule has 0 unspecified atom stereocenters. The molecule has 0 amide bonds. The first-order valence-electron chi connectivity index (χ1n) is 4.58. The highest BCUT2D eigenvalue weighted by Crippen LogP contribution is 2.40. The van der Waals surface area contributed by atoms with Crippen molar-refractivity contribution in [2.75, 3.05) is 14.2 Å². The third-order valence-electron chi connectivity index (χ3n) is 2.24. The molecule has 0 aliphatic carbocycles. The van der Waals surface area contributed by atoms with Crippen LogP contribution in [0.5, 0.6) is 23.4 Å². The van der Waals surface area contributed by atoms with Crippen molar-refractivity contribution in [2.45, 2.75) is 0 Å². The van der Waals surface area contributed by atoms with E-state index in [4.69, 9.17) is 9.47 Å². The fraction of sp³-hybridized carbons (Fsp3) is 0.200. The van der Waals surface area contributed by atoms with E-state index in [-0.39, 0.29) is 5.88 Å². The predicted octanol–water partition coefficient (Wildman–Crippen LogP) is 1.66. The molecule has 0 saturated heterocycles. The third kappa shape index (κ3) is 1.90. The lowest BCUT2D eigenvalue weighted by Crippen LogP contribution is -1.96. The number of halogens is 1. The van der Waals surface area contributed by atoms with Crippen molar-refractivity contribution in [1.29, 1.82) is 0 Å². The Labute approximate surface area is 110 Å². The molecule has 7 heteroatoms. The number of nitrogens with zero attached hydrogens (tertiary/aromatic N) is 2. The zero-order chi connectivity index (χ0) is 12.6. The Kier molecular flexibility index (Phi) is 3.09. The van der Waals surface area contributed by atoms with Crippen LogP contribution in [0, 0.1) is 3.57 Å². The highest BCUT2D eigenvalue weighted by molar-refractivity contribution is 14.1. The number of ether oxygens (including phenoxy) is 2. The van der Waals surface area contributed by atoms with Crippen LogP contribution in [0.1, 0.15) is 0 Å². The van der Waals surface area contributed by atoms with Gasteiger partial charge < -0.3 is 19.7 Å². The normalized spacial score (nSPS) is 10.5. The van der Waals surface area contributed by atoms with Crippen molar-refractivity contribution < 1.29 is 19.7 Å². The highest BCUT2D eigenvalue weighted by Gasteiger charge is 2.18. The van der Waals surface area contributed by atoms with Gasteiger partial charge in [0.05, 0.1) is 28.7 Å². The fourth-order valence-electron chi connectivity index (χ4n) is 1.52. The Morgan fingerprint density at radius 3 is 2.47 bits per heavy atom. The topological polar surface area (TPSA) is 84.7 Å². The first-order valence-corrected chi connectivity index (χ1v) is 5.66. The molecule has 0 atom stereocenters. The van der Waals surface area contributed by atoms with Gasteiger partial charge in [-0.05, 0) is 22.6 Å². The van der Waals surface area contributed by atoms with Gasteiger partial charge >= 0.3 is 6.01 Å². The summed E-state index contributed by atoms with van der Waals surface area (Å²) in [5.74, 6) is 0.671. The number of hydrogen-bond donors (Lipinski definition) is 2. The van der Waals surface area contributed by atoms with Crippen LogP contribution in [0.15, 0.2) is 6.07 Å². The average molecular weight is 348 g/mol. The van der Waals surface area contributed by atoms with Crippen LogP contribution < -0.4 is 9.47 Å². The van der Waals surface area contributed by atoms with Crippen LogP contribution in [0.3, 0.4) is 0 Å². The number of methoxy groups -OCH3 is 2. The van der Waals surface area contributed by atoms with E-state index in [9.17, 15) is 10.2 Å². The maximum Gasteiger partial charge on any atom is 0.317 e. The van der Waals surface area contributed by atoms with Gasteiger partial charge in [-0.1, -0.05) is 0 Å². The molecular weight excluding hydrogens is 339 g/mol. The fourth-order valence-corrected chi connectivity index (χ4v) is 2.53. The van der Waals surface area contributed by atoms with Crippen molar-refractivity contribution in [1.82, 2.24) is 9.97 Å². The molecule has 0 spiro atoms. The van der Waals surface area contributed by atoms with Crippen molar-refractivity contribution in [3.05, 3.63) is 9.64 Å². The summed E-state index contributed by atoms with van der Waals surface area (Å²) in [7, 11) is 3.00. The molecule has 6 nitrogen and oxygen atoms in total. The maximum atomic E-state index is 9.70. The van der Waals surface area contributed by atoms with E-state index in [1.165, 1.54) is 14.2 Å². The summed E-state index contributed by atoms with van der Waals surface area (Å²) in [5, 5.41) is 19.4. The Morgan fingerprint density at radius 2 is 1.88 bits per heavy atom. The van der Waals surface area contributed by atoms with Gasteiger partial charge in [0.25, 0.3) is 0 Å². The summed E-state index contributed by atoms with van der Waals surface area (Å²) in [6.45, 7) is 0. The molecule has 0 fully saturated rings. The van der Waals surface area contributed by atoms with Gasteiger partial charge in [0.2, 0.25) is 5.88 Å². The smallest absolute Gasteiger partial charge is 0.317 e. The highest BCUT2D eigenvalue weighted by atomic mass is 127. The second kappa shape index (κ2) is 4.40. The van der Waals surface area contributed by atoms with Crippen molar-refractivity contribution in [2.24, 2.45) is 0 Å². The van der Waals surface area contributed by atoms with Gasteiger partial charge in [0, 0.05) is 6.07 Å². The van der Waals surface area contributed by atoms with Crippen LogP contribution in [0.25, 0.3) is 10.9 Å². The average Bonchev–Trinajstić information content (AvgIpc) is 2.27. The third-order valence-corrected chi connectivity index (χ3v) is 3.27. The summed E-state index contributed by atoms with van der Waals surface area (Å²) in [4.78, 5) is 7.32. The molecule has 0 bridgehead atoms. The Hall–Kier alpha value is -1.51. The molecule has 2 aromatic rings. The Morgan fingerprint density at radius 1 is 1.18 bits per heavy atom. The summed E-state index contributed by atoms with van der Waals surface area (Å²) in [6.07, 6.45) is 0. The first-order chi connectivity index (χ1) is 8.08. The van der Waals surface area contributed by atoms with Crippen LogP contribution in [-0.4, -0.2) is 34.4 Å². The molecule has 90 valence electrons. The number of rotatable bonds is 2. The van der Waals surface area contributed by atoms with E-state index in [1.807, 2.05) is 22.6 Å². The van der Waals surface area contributed by atoms with Gasteiger partial charge in [-0.2, -0.15) is 9.97 Å². The van der Waals surface area contributed by atoms with E-state index in [2.05, 4.69) is 9.97 Å². The van der Waals surface area contributed by atoms with Crippen molar-refractivity contribution >= 4 is 33.5 Å². The van der Waals surface area contributed by atoms with Crippen molar-refractivity contribution in [3.63, 3.8) is 0 Å². The monoisotopic (exact) mass is 348 g/mol. The predicted molar refractivity (Wildman–Crippen MR) is 68.7 cm³/mol. The zero-order valence-electron chi connectivity index (χ0n) is 9.06. The zero-order valence-corrected chi connectivity index (χ0v) is 11.2. The molecular formula is C10H9IN2O4. The van der Waals surface area contributed by atoms with Crippen molar-refractivity contribution in [3.8, 4) is 23.4 Å². The summed E-state index contributed by atoms with van der Waals surface area (Å²) >= 11 is 2.00. The molecule has 0 aliphatic heterocycles. The summed E-state index contributed by atoms with van der Waals surface area (Å²) in [5.41, 5.74) is 0.386. The number of aromatic nitrogens is 2. The van der Waals surface area contributed by atoms with E-state index < -0.39 is 6.01 Å². The Balaban J connectivity index is 2.90. The van der Waals surface area contributed by atoms with Crippen LogP contribution in [0.4, 0.5) is 0 Å². The minimum absolute atomic E-state index is 0.294. The van der Waals surface area contributed by atoms with Crippen LogP contribution in [0.2, 0.25) is 0 Å². The lowest BCUT2D eigenvalue weighted by atomic mass is 10.2. The summed E-state index contributed by atoms with van der Waals surface area (Å²) < 4.78 is 11.0. The minimum atomic E-state index is -0.488. The van der Waals surface area contributed by atoms with Gasteiger partial charge in [-0.15, -0.1) is 0 Å². The Bertz CT molecular complexity index is 588. The summed E-state index contributed by atoms with van der Waals surface area (Å²) in [6, 6.07) is 1.08. The largest absolute Gasteiger partial charge is 0.493 e. The molecule has 0 aliphatic rings. The number of hydrogen-bond acceptors (Lipinski definition) is 6. The van der Waals surface area contributed by atoms with Gasteiger partial charge in [0.15, 0.2) is 11.5 Å². The lowest BCUT2D eigenvalue weighted by molar-refractivity contribution is 0.353. The van der Waals surface area contributed by atoms with E-state index in [0.717, 1.165) is 0 Å². The number of aromatic hydroxyl groups is 2. The van der Waals surface area contributed by atoms with Gasteiger partial charge in [0.1, 0.15) is 0 Å². The molecule has 0 saturated carbocycles. The molecule has 17 heavy (non-hydrogen) atoms.